The standard InChI is InChI=1S/C19H21N5OS2/c1-14-22-18(15-4-2-13-26-15)16(27-14)5-6-17(25)23-9-11-24(12-10-23)19-20-7-3-8-21-19/h2-4,7-8,13H,5-6,9-12H2,1H3. The molecule has 1 fully saturated rings. The van der Waals surface area contributed by atoms with Crippen molar-refractivity contribution in [1.82, 2.24) is 19.9 Å². The fourth-order valence-corrected chi connectivity index (χ4v) is 4.99. The number of aryl methyl sites for hydroxylation is 2. The minimum Gasteiger partial charge on any atom is -0.339 e. The Morgan fingerprint density at radius 3 is 2.63 bits per heavy atom. The molecule has 0 atom stereocenters. The van der Waals surface area contributed by atoms with Gasteiger partial charge in [0.2, 0.25) is 11.9 Å². The van der Waals surface area contributed by atoms with Crippen LogP contribution in [0.3, 0.4) is 0 Å². The lowest BCUT2D eigenvalue weighted by atomic mass is 10.2. The van der Waals surface area contributed by atoms with Crippen LogP contribution in [0.4, 0.5) is 5.95 Å². The quantitative estimate of drug-likeness (QED) is 0.659. The van der Waals surface area contributed by atoms with Gasteiger partial charge in [0.1, 0.15) is 0 Å². The summed E-state index contributed by atoms with van der Waals surface area (Å²) in [6, 6.07) is 5.95. The number of anilines is 1. The Bertz CT molecular complexity index is 886. The van der Waals surface area contributed by atoms with E-state index in [9.17, 15) is 4.79 Å². The molecule has 1 aliphatic rings. The minimum atomic E-state index is 0.215. The normalized spacial score (nSPS) is 14.6. The lowest BCUT2D eigenvalue weighted by molar-refractivity contribution is -0.131. The van der Waals surface area contributed by atoms with Gasteiger partial charge in [-0.3, -0.25) is 4.79 Å². The van der Waals surface area contributed by atoms with Crippen LogP contribution in [0.15, 0.2) is 36.0 Å². The maximum Gasteiger partial charge on any atom is 0.225 e. The Kier molecular flexibility index (Phi) is 5.45. The van der Waals surface area contributed by atoms with Crippen LogP contribution in [0.25, 0.3) is 10.6 Å². The molecule has 6 nitrogen and oxygen atoms in total. The molecule has 4 heterocycles. The molecule has 27 heavy (non-hydrogen) atoms. The number of nitrogens with zero attached hydrogens (tertiary/aromatic N) is 5. The first-order valence-electron chi connectivity index (χ1n) is 9.00. The first kappa shape index (κ1) is 18.1. The number of thiophene rings is 1. The molecular formula is C19H21N5OS2. The average Bonchev–Trinajstić information content (AvgIpc) is 3.36. The summed E-state index contributed by atoms with van der Waals surface area (Å²) in [5, 5.41) is 3.12. The van der Waals surface area contributed by atoms with E-state index in [1.54, 1.807) is 35.1 Å². The number of carbonyl (C=O) groups excluding carboxylic acids is 1. The molecule has 0 unspecified atom stereocenters. The summed E-state index contributed by atoms with van der Waals surface area (Å²) in [6.45, 7) is 5.01. The summed E-state index contributed by atoms with van der Waals surface area (Å²) in [4.78, 5) is 32.4. The Hall–Kier alpha value is -2.32. The highest BCUT2D eigenvalue weighted by atomic mass is 32.1. The average molecular weight is 400 g/mol. The maximum atomic E-state index is 12.7. The minimum absolute atomic E-state index is 0.215. The van der Waals surface area contributed by atoms with Gasteiger partial charge in [0.05, 0.1) is 15.6 Å². The van der Waals surface area contributed by atoms with Crippen molar-refractivity contribution in [2.45, 2.75) is 19.8 Å². The van der Waals surface area contributed by atoms with E-state index in [0.717, 1.165) is 49.2 Å². The summed E-state index contributed by atoms with van der Waals surface area (Å²) in [7, 11) is 0. The summed E-state index contributed by atoms with van der Waals surface area (Å²) >= 11 is 3.39. The summed E-state index contributed by atoms with van der Waals surface area (Å²) in [5.41, 5.74) is 1.05. The zero-order valence-electron chi connectivity index (χ0n) is 15.2. The van der Waals surface area contributed by atoms with Gasteiger partial charge in [0, 0.05) is 49.9 Å². The highest BCUT2D eigenvalue weighted by molar-refractivity contribution is 7.15. The van der Waals surface area contributed by atoms with Crippen molar-refractivity contribution in [3.05, 3.63) is 45.9 Å². The lowest BCUT2D eigenvalue weighted by Gasteiger charge is -2.34. The number of piperazine rings is 1. The van der Waals surface area contributed by atoms with Crippen molar-refractivity contribution in [1.29, 1.82) is 0 Å². The number of hydrogen-bond donors (Lipinski definition) is 0. The van der Waals surface area contributed by atoms with Gasteiger partial charge >= 0.3 is 0 Å². The third kappa shape index (κ3) is 4.17. The van der Waals surface area contributed by atoms with Gasteiger partial charge in [-0.05, 0) is 30.9 Å². The Labute approximate surface area is 166 Å². The molecule has 4 rings (SSSR count). The molecule has 3 aromatic heterocycles. The second-order valence-corrected chi connectivity index (χ2v) is 8.63. The van der Waals surface area contributed by atoms with Crippen molar-refractivity contribution >= 4 is 34.5 Å². The second kappa shape index (κ2) is 8.14. The molecule has 0 saturated carbocycles. The number of thiazole rings is 1. The number of rotatable bonds is 5. The van der Waals surface area contributed by atoms with Crippen molar-refractivity contribution in [3.8, 4) is 10.6 Å². The van der Waals surface area contributed by atoms with Crippen LogP contribution in [0.2, 0.25) is 0 Å². The van der Waals surface area contributed by atoms with Gasteiger partial charge in [-0.15, -0.1) is 22.7 Å². The first-order valence-corrected chi connectivity index (χ1v) is 10.7. The largest absolute Gasteiger partial charge is 0.339 e. The van der Waals surface area contributed by atoms with Crippen molar-refractivity contribution in [2.24, 2.45) is 0 Å². The fraction of sp³-hybridized carbons (Fsp3) is 0.368. The van der Waals surface area contributed by atoms with Crippen molar-refractivity contribution in [2.75, 3.05) is 31.1 Å². The third-order valence-electron chi connectivity index (χ3n) is 4.59. The molecule has 140 valence electrons. The van der Waals surface area contributed by atoms with Gasteiger partial charge in [-0.1, -0.05) is 6.07 Å². The SMILES string of the molecule is Cc1nc(-c2cccs2)c(CCC(=O)N2CCN(c3ncccn3)CC2)s1. The van der Waals surface area contributed by atoms with E-state index in [1.165, 1.54) is 9.75 Å². The van der Waals surface area contributed by atoms with E-state index in [1.807, 2.05) is 24.0 Å². The van der Waals surface area contributed by atoms with Crippen LogP contribution >= 0.6 is 22.7 Å². The van der Waals surface area contributed by atoms with Crippen LogP contribution < -0.4 is 4.90 Å². The van der Waals surface area contributed by atoms with E-state index >= 15 is 0 Å². The van der Waals surface area contributed by atoms with Crippen LogP contribution in [0, 0.1) is 6.92 Å². The zero-order chi connectivity index (χ0) is 18.6. The molecule has 0 spiro atoms. The van der Waals surface area contributed by atoms with Gasteiger partial charge in [-0.2, -0.15) is 0 Å². The Morgan fingerprint density at radius 1 is 1.15 bits per heavy atom. The van der Waals surface area contributed by atoms with Crippen LogP contribution in [0.5, 0.6) is 0 Å². The molecule has 0 radical (unpaired) electrons. The molecule has 0 N–H and O–H groups in total. The maximum absolute atomic E-state index is 12.7. The van der Waals surface area contributed by atoms with Crippen LogP contribution in [-0.2, 0) is 11.2 Å². The van der Waals surface area contributed by atoms with Gasteiger partial charge < -0.3 is 9.80 Å². The number of aromatic nitrogens is 3. The summed E-state index contributed by atoms with van der Waals surface area (Å²) in [5.74, 6) is 0.956. The smallest absolute Gasteiger partial charge is 0.225 e. The molecule has 0 aliphatic carbocycles. The molecule has 8 heteroatoms. The summed E-state index contributed by atoms with van der Waals surface area (Å²) in [6.07, 6.45) is 4.78. The number of amides is 1. The highest BCUT2D eigenvalue weighted by Crippen LogP contribution is 2.32. The lowest BCUT2D eigenvalue weighted by Crippen LogP contribution is -2.49. The van der Waals surface area contributed by atoms with Crippen LogP contribution in [-0.4, -0.2) is 51.9 Å². The summed E-state index contributed by atoms with van der Waals surface area (Å²) < 4.78 is 0. The predicted molar refractivity (Wildman–Crippen MR) is 109 cm³/mol. The molecule has 1 saturated heterocycles. The topological polar surface area (TPSA) is 62.2 Å². The Balaban J connectivity index is 1.33. The van der Waals surface area contributed by atoms with Crippen molar-refractivity contribution < 1.29 is 4.79 Å². The van der Waals surface area contributed by atoms with E-state index in [-0.39, 0.29) is 5.91 Å². The van der Waals surface area contributed by atoms with Gasteiger partial charge in [-0.25, -0.2) is 15.0 Å². The zero-order valence-corrected chi connectivity index (χ0v) is 16.8. The molecule has 1 amide bonds. The fourth-order valence-electron chi connectivity index (χ4n) is 3.23. The monoisotopic (exact) mass is 399 g/mol. The number of carbonyl (C=O) groups is 1. The van der Waals surface area contributed by atoms with E-state index in [2.05, 4.69) is 31.3 Å². The molecule has 0 aromatic carbocycles. The van der Waals surface area contributed by atoms with Crippen molar-refractivity contribution in [3.63, 3.8) is 0 Å². The predicted octanol–water partition coefficient (Wildman–Crippen LogP) is 3.25. The molecule has 1 aliphatic heterocycles. The van der Waals surface area contributed by atoms with Crippen LogP contribution in [0.1, 0.15) is 16.3 Å². The first-order chi connectivity index (χ1) is 13.2. The molecule has 0 bridgehead atoms. The molecule has 3 aromatic rings. The highest BCUT2D eigenvalue weighted by Gasteiger charge is 2.23. The van der Waals surface area contributed by atoms with E-state index < -0.39 is 0 Å². The van der Waals surface area contributed by atoms with E-state index in [0.29, 0.717) is 6.42 Å². The Morgan fingerprint density at radius 2 is 1.93 bits per heavy atom. The van der Waals surface area contributed by atoms with Gasteiger partial charge in [0.15, 0.2) is 0 Å². The molecular weight excluding hydrogens is 378 g/mol. The third-order valence-corrected chi connectivity index (χ3v) is 6.50. The van der Waals surface area contributed by atoms with E-state index in [4.69, 9.17) is 0 Å². The second-order valence-electron chi connectivity index (χ2n) is 6.40. The van der Waals surface area contributed by atoms with Gasteiger partial charge in [0.25, 0.3) is 0 Å². The number of hydrogen-bond acceptors (Lipinski definition) is 7.